The summed E-state index contributed by atoms with van der Waals surface area (Å²) in [5.74, 6) is -0.360. The number of aliphatic hydroxyl groups excluding tert-OH is 2. The molecule has 2 aromatic carbocycles. The summed E-state index contributed by atoms with van der Waals surface area (Å²) >= 11 is 0. The van der Waals surface area contributed by atoms with E-state index < -0.39 is 0 Å². The normalized spacial score (nSPS) is 10.9. The average Bonchev–Trinajstić information content (AvgIpc) is 2.64. The monoisotopic (exact) mass is 374 g/mol. The van der Waals surface area contributed by atoms with Crippen molar-refractivity contribution in [1.29, 1.82) is 0 Å². The van der Waals surface area contributed by atoms with Crippen molar-refractivity contribution < 1.29 is 24.5 Å². The van der Waals surface area contributed by atoms with Gasteiger partial charge in [-0.2, -0.15) is 0 Å². The molecule has 0 heterocycles. The molecular weight excluding hydrogens is 348 g/mol. The number of fused-ring (bicyclic) bond motifs is 1. The Bertz CT molecular complexity index is 785. The number of amides is 2. The minimum Gasteiger partial charge on any atom is -0.483 e. The van der Waals surface area contributed by atoms with Gasteiger partial charge in [0.2, 0.25) is 0 Å². The second-order valence-electron chi connectivity index (χ2n) is 6.45. The quantitative estimate of drug-likeness (QED) is 0.612. The second kappa shape index (κ2) is 9.89. The van der Waals surface area contributed by atoms with E-state index in [-0.39, 0.29) is 56.3 Å². The molecule has 0 saturated heterocycles. The standard InChI is InChI=1S/C20H26N2O5/c1-14(2)21-19(25)13-27-18-12-16-6-4-3-5-15(16)11-17(18)20(26)22(7-9-23)8-10-24/h3-6,11-12,14,23-24H,7-10,13H2,1-2H3,(H,21,25). The van der Waals surface area contributed by atoms with E-state index in [0.29, 0.717) is 5.75 Å². The fourth-order valence-corrected chi connectivity index (χ4v) is 2.74. The highest BCUT2D eigenvalue weighted by Gasteiger charge is 2.21. The lowest BCUT2D eigenvalue weighted by Crippen LogP contribution is -2.36. The van der Waals surface area contributed by atoms with Crippen LogP contribution in [0.4, 0.5) is 0 Å². The molecular formula is C20H26N2O5. The summed E-state index contributed by atoms with van der Waals surface area (Å²) in [5, 5.41) is 22.9. The van der Waals surface area contributed by atoms with Gasteiger partial charge in [0.1, 0.15) is 5.75 Å². The van der Waals surface area contributed by atoms with Crippen LogP contribution in [0.2, 0.25) is 0 Å². The van der Waals surface area contributed by atoms with Crippen molar-refractivity contribution >= 4 is 22.6 Å². The summed E-state index contributed by atoms with van der Waals surface area (Å²) in [5.41, 5.74) is 0.285. The summed E-state index contributed by atoms with van der Waals surface area (Å²) in [6.45, 7) is 3.25. The number of benzene rings is 2. The lowest BCUT2D eigenvalue weighted by Gasteiger charge is -2.22. The Morgan fingerprint density at radius 1 is 1.07 bits per heavy atom. The van der Waals surface area contributed by atoms with Gasteiger partial charge in [-0.15, -0.1) is 0 Å². The number of carbonyl (C=O) groups excluding carboxylic acids is 2. The van der Waals surface area contributed by atoms with E-state index in [9.17, 15) is 19.8 Å². The van der Waals surface area contributed by atoms with E-state index in [0.717, 1.165) is 10.8 Å². The molecule has 0 saturated carbocycles. The van der Waals surface area contributed by atoms with Crippen molar-refractivity contribution in [3.05, 3.63) is 42.0 Å². The Hall–Kier alpha value is -2.64. The first kappa shape index (κ1) is 20.7. The maximum atomic E-state index is 12.9. The lowest BCUT2D eigenvalue weighted by atomic mass is 10.0. The molecule has 2 rings (SSSR count). The predicted octanol–water partition coefficient (Wildman–Crippen LogP) is 1.17. The van der Waals surface area contributed by atoms with E-state index in [4.69, 9.17) is 4.74 Å². The molecule has 3 N–H and O–H groups in total. The molecule has 0 aromatic heterocycles. The SMILES string of the molecule is CC(C)NC(=O)COc1cc2ccccc2cc1C(=O)N(CCO)CCO. The molecule has 0 aliphatic heterocycles. The number of carbonyl (C=O) groups is 2. The molecule has 27 heavy (non-hydrogen) atoms. The molecule has 7 heteroatoms. The first-order valence-corrected chi connectivity index (χ1v) is 8.92. The van der Waals surface area contributed by atoms with E-state index in [1.807, 2.05) is 38.1 Å². The van der Waals surface area contributed by atoms with Gasteiger partial charge in [-0.25, -0.2) is 0 Å². The third-order valence-electron chi connectivity index (χ3n) is 3.91. The van der Waals surface area contributed by atoms with Crippen LogP contribution in [0, 0.1) is 0 Å². The summed E-state index contributed by atoms with van der Waals surface area (Å²) in [6.07, 6.45) is 0. The number of nitrogens with zero attached hydrogens (tertiary/aromatic N) is 1. The fourth-order valence-electron chi connectivity index (χ4n) is 2.74. The molecule has 146 valence electrons. The molecule has 0 spiro atoms. The molecule has 0 radical (unpaired) electrons. The maximum Gasteiger partial charge on any atom is 0.258 e. The summed E-state index contributed by atoms with van der Waals surface area (Å²) < 4.78 is 5.65. The van der Waals surface area contributed by atoms with Gasteiger partial charge in [0, 0.05) is 19.1 Å². The molecule has 2 aromatic rings. The molecule has 2 amide bonds. The van der Waals surface area contributed by atoms with Gasteiger partial charge in [-0.05, 0) is 36.8 Å². The minimum absolute atomic E-state index is 0.0107. The van der Waals surface area contributed by atoms with E-state index in [1.165, 1.54) is 4.90 Å². The molecule has 0 fully saturated rings. The highest BCUT2D eigenvalue weighted by molar-refractivity contribution is 6.01. The third kappa shape index (κ3) is 5.67. The summed E-state index contributed by atoms with van der Waals surface area (Å²) in [6, 6.07) is 10.9. The van der Waals surface area contributed by atoms with Crippen LogP contribution in [0.5, 0.6) is 5.75 Å². The Morgan fingerprint density at radius 3 is 2.22 bits per heavy atom. The molecule has 0 unspecified atom stereocenters. The number of ether oxygens (including phenoxy) is 1. The molecule has 0 atom stereocenters. The van der Waals surface area contributed by atoms with Crippen molar-refractivity contribution in [2.75, 3.05) is 32.9 Å². The number of aliphatic hydroxyl groups is 2. The van der Waals surface area contributed by atoms with Crippen LogP contribution in [-0.4, -0.2) is 65.9 Å². The van der Waals surface area contributed by atoms with Crippen LogP contribution < -0.4 is 10.1 Å². The first-order valence-electron chi connectivity index (χ1n) is 8.92. The van der Waals surface area contributed by atoms with Gasteiger partial charge in [0.15, 0.2) is 6.61 Å². The number of nitrogens with one attached hydrogen (secondary N) is 1. The highest BCUT2D eigenvalue weighted by atomic mass is 16.5. The summed E-state index contributed by atoms with van der Waals surface area (Å²) in [7, 11) is 0. The Morgan fingerprint density at radius 2 is 1.67 bits per heavy atom. The smallest absolute Gasteiger partial charge is 0.258 e. The Balaban J connectivity index is 2.36. The predicted molar refractivity (Wildman–Crippen MR) is 103 cm³/mol. The van der Waals surface area contributed by atoms with Crippen molar-refractivity contribution in [3.63, 3.8) is 0 Å². The molecule has 0 bridgehead atoms. The van der Waals surface area contributed by atoms with Crippen molar-refractivity contribution in [2.45, 2.75) is 19.9 Å². The van der Waals surface area contributed by atoms with Gasteiger partial charge < -0.3 is 25.2 Å². The number of hydrogen-bond donors (Lipinski definition) is 3. The van der Waals surface area contributed by atoms with E-state index >= 15 is 0 Å². The van der Waals surface area contributed by atoms with Gasteiger partial charge >= 0.3 is 0 Å². The van der Waals surface area contributed by atoms with Crippen molar-refractivity contribution in [3.8, 4) is 5.75 Å². The van der Waals surface area contributed by atoms with E-state index in [1.54, 1.807) is 12.1 Å². The van der Waals surface area contributed by atoms with Crippen LogP contribution in [0.1, 0.15) is 24.2 Å². The molecule has 0 aliphatic carbocycles. The van der Waals surface area contributed by atoms with E-state index in [2.05, 4.69) is 5.32 Å². The van der Waals surface area contributed by atoms with Gasteiger partial charge in [-0.1, -0.05) is 24.3 Å². The fraction of sp³-hybridized carbons (Fsp3) is 0.400. The molecule has 7 nitrogen and oxygen atoms in total. The van der Waals surface area contributed by atoms with Crippen LogP contribution in [0.3, 0.4) is 0 Å². The lowest BCUT2D eigenvalue weighted by molar-refractivity contribution is -0.123. The molecule has 0 aliphatic rings. The Kier molecular flexibility index (Phi) is 7.57. The third-order valence-corrected chi connectivity index (χ3v) is 3.91. The number of hydrogen-bond acceptors (Lipinski definition) is 5. The zero-order valence-electron chi connectivity index (χ0n) is 15.6. The highest BCUT2D eigenvalue weighted by Crippen LogP contribution is 2.27. The number of rotatable bonds is 9. The van der Waals surface area contributed by atoms with Crippen LogP contribution in [0.25, 0.3) is 10.8 Å². The maximum absolute atomic E-state index is 12.9. The largest absolute Gasteiger partial charge is 0.483 e. The second-order valence-corrected chi connectivity index (χ2v) is 6.45. The van der Waals surface area contributed by atoms with Gasteiger partial charge in [0.25, 0.3) is 11.8 Å². The van der Waals surface area contributed by atoms with Crippen molar-refractivity contribution in [1.82, 2.24) is 10.2 Å². The topological polar surface area (TPSA) is 99.1 Å². The van der Waals surface area contributed by atoms with Crippen LogP contribution >= 0.6 is 0 Å². The summed E-state index contributed by atoms with van der Waals surface area (Å²) in [4.78, 5) is 26.2. The zero-order valence-corrected chi connectivity index (χ0v) is 15.6. The Labute approximate surface area is 158 Å². The minimum atomic E-state index is -0.372. The average molecular weight is 374 g/mol. The van der Waals surface area contributed by atoms with Crippen molar-refractivity contribution in [2.24, 2.45) is 0 Å². The van der Waals surface area contributed by atoms with Crippen LogP contribution in [-0.2, 0) is 4.79 Å². The zero-order chi connectivity index (χ0) is 19.8. The first-order chi connectivity index (χ1) is 13.0. The van der Waals surface area contributed by atoms with Crippen LogP contribution in [0.15, 0.2) is 36.4 Å². The van der Waals surface area contributed by atoms with Gasteiger partial charge in [-0.3, -0.25) is 9.59 Å². The van der Waals surface area contributed by atoms with Gasteiger partial charge in [0.05, 0.1) is 18.8 Å².